The number of hydrogen-bond acceptors (Lipinski definition) is 10. The van der Waals surface area contributed by atoms with Crippen molar-refractivity contribution in [3.63, 3.8) is 0 Å². The molecule has 0 amide bonds. The van der Waals surface area contributed by atoms with E-state index in [0.29, 0.717) is 22.3 Å². The summed E-state index contributed by atoms with van der Waals surface area (Å²) in [4.78, 5) is 54.7. The van der Waals surface area contributed by atoms with E-state index >= 15 is 0 Å². The van der Waals surface area contributed by atoms with Crippen LogP contribution in [0.15, 0.2) is 388 Å². The van der Waals surface area contributed by atoms with Crippen molar-refractivity contribution in [3.05, 3.63) is 411 Å². The predicted molar refractivity (Wildman–Crippen MR) is 488 cm³/mol. The van der Waals surface area contributed by atoms with Gasteiger partial charge in [-0.05, 0) is 246 Å². The van der Waals surface area contributed by atoms with Gasteiger partial charge in [-0.2, -0.15) is 0 Å². The van der Waals surface area contributed by atoms with Crippen molar-refractivity contribution in [2.24, 2.45) is 0 Å². The highest BCUT2D eigenvalue weighted by atomic mass is 16.5. The van der Waals surface area contributed by atoms with E-state index in [4.69, 9.17) is 18.9 Å². The van der Waals surface area contributed by atoms with E-state index in [1.165, 1.54) is 50.0 Å². The van der Waals surface area contributed by atoms with Gasteiger partial charge in [-0.15, -0.1) is 0 Å². The Labute approximate surface area is 692 Å². The Morgan fingerprint density at radius 2 is 0.483 bits per heavy atom. The molecule has 0 aliphatic heterocycles. The number of methoxy groups -OCH3 is 4. The van der Waals surface area contributed by atoms with Crippen LogP contribution >= 0.6 is 0 Å². The first-order chi connectivity index (χ1) is 59.1. The molecule has 0 bridgehead atoms. The van der Waals surface area contributed by atoms with Gasteiger partial charge in [-0.3, -0.25) is 0 Å². The van der Waals surface area contributed by atoms with E-state index in [2.05, 4.69) is 298 Å². The number of rotatable bonds is 16. The van der Waals surface area contributed by atoms with Crippen molar-refractivity contribution >= 4 is 145 Å². The number of carbonyl (C=O) groups excluding carboxylic acids is 4. The van der Waals surface area contributed by atoms with Gasteiger partial charge in [0.25, 0.3) is 0 Å². The summed E-state index contributed by atoms with van der Waals surface area (Å²) in [6.45, 7) is 0. The van der Waals surface area contributed by atoms with Crippen LogP contribution in [0.5, 0.6) is 0 Å². The zero-order chi connectivity index (χ0) is 81.5. The maximum absolute atomic E-state index is 12.6. The van der Waals surface area contributed by atoms with Crippen LogP contribution in [-0.4, -0.2) is 61.5 Å². The summed E-state index contributed by atoms with van der Waals surface area (Å²) in [7, 11) is 5.58. The standard InChI is InChI=1S/2C54H38N2O4/c1-59-53(57)37-27-23-35(24-28-37)50-44-17-6-7-18-45(44)51(36-25-29-38(30-26-36)54(58)60-2)52-46(50)19-12-22-49(52)55(39-13-4-3-5-14-39)40-31-33-41(34-32-40)56-47-20-10-8-15-42(47)43-16-9-11-21-48(43)56;1-59-53(57)37-24-20-35(21-25-37)51-45-16-6-7-17-46(45)52(36-22-26-38(27-23-36)54(58)60-2)48-34-42(32-33-47(48)51)55(39-12-4-3-5-13-39)40-28-30-41(31-29-40)56-49-18-10-8-14-43(49)44-15-9-11-19-50(44)56/h2*3-34H,1-2H3. The molecule has 20 aromatic rings. The molecule has 120 heavy (non-hydrogen) atoms. The van der Waals surface area contributed by atoms with Crippen LogP contribution in [0.25, 0.3) is 143 Å². The zero-order valence-electron chi connectivity index (χ0n) is 66.0. The van der Waals surface area contributed by atoms with Gasteiger partial charge < -0.3 is 37.9 Å². The van der Waals surface area contributed by atoms with Crippen LogP contribution in [0.4, 0.5) is 34.1 Å². The number of esters is 4. The van der Waals surface area contributed by atoms with Gasteiger partial charge in [0.05, 0.1) is 78.4 Å². The Hall–Kier alpha value is -15.9. The number of nitrogens with zero attached hydrogens (tertiary/aromatic N) is 4. The highest BCUT2D eigenvalue weighted by Crippen LogP contribution is 2.52. The van der Waals surface area contributed by atoms with Gasteiger partial charge in [0.1, 0.15) is 0 Å². The lowest BCUT2D eigenvalue weighted by atomic mass is 9.84. The predicted octanol–water partition coefficient (Wildman–Crippen LogP) is 26.9. The third kappa shape index (κ3) is 13.2. The number of para-hydroxylation sites is 6. The molecule has 0 N–H and O–H groups in total. The second-order valence-electron chi connectivity index (χ2n) is 29.4. The molecule has 0 saturated heterocycles. The molecule has 0 unspecified atom stereocenters. The molecule has 0 spiro atoms. The normalized spacial score (nSPS) is 11.3. The van der Waals surface area contributed by atoms with E-state index in [1.807, 2.05) is 109 Å². The molecule has 0 atom stereocenters. The molecule has 12 nitrogen and oxygen atoms in total. The van der Waals surface area contributed by atoms with Gasteiger partial charge in [-0.1, -0.05) is 224 Å². The van der Waals surface area contributed by atoms with Gasteiger partial charge in [0.15, 0.2) is 0 Å². The fourth-order valence-corrected chi connectivity index (χ4v) is 17.4. The lowest BCUT2D eigenvalue weighted by Crippen LogP contribution is -2.11. The minimum absolute atomic E-state index is 0.379. The number of aromatic nitrogens is 2. The average Bonchev–Trinajstić information content (AvgIpc) is 0.938. The van der Waals surface area contributed by atoms with Gasteiger partial charge in [-0.25, -0.2) is 19.2 Å². The summed E-state index contributed by atoms with van der Waals surface area (Å²) in [5.41, 5.74) is 22.7. The number of fused-ring (bicyclic) bond motifs is 10. The van der Waals surface area contributed by atoms with Crippen molar-refractivity contribution in [3.8, 4) is 55.9 Å². The van der Waals surface area contributed by atoms with Crippen LogP contribution < -0.4 is 9.80 Å². The second kappa shape index (κ2) is 31.7. The summed E-state index contributed by atoms with van der Waals surface area (Å²) < 4.78 is 24.8. The Balaban J connectivity index is 0.000000159. The molecule has 2 aromatic heterocycles. The number of anilines is 6. The highest BCUT2D eigenvalue weighted by molar-refractivity contribution is 6.26. The van der Waals surface area contributed by atoms with Crippen molar-refractivity contribution in [1.82, 2.24) is 9.13 Å². The maximum atomic E-state index is 12.6. The molecule has 0 radical (unpaired) electrons. The summed E-state index contributed by atoms with van der Waals surface area (Å²) >= 11 is 0. The molecule has 0 fully saturated rings. The van der Waals surface area contributed by atoms with Gasteiger partial charge >= 0.3 is 23.9 Å². The van der Waals surface area contributed by atoms with Crippen molar-refractivity contribution < 1.29 is 38.1 Å². The lowest BCUT2D eigenvalue weighted by molar-refractivity contribution is 0.0592. The first-order valence-corrected chi connectivity index (χ1v) is 39.6. The molecule has 12 heteroatoms. The fraction of sp³-hybridized carbons (Fsp3) is 0.0370. The molecule has 18 aromatic carbocycles. The summed E-state index contributed by atoms with van der Waals surface area (Å²) in [5, 5.41) is 13.3. The average molecular weight is 1560 g/mol. The van der Waals surface area contributed by atoms with E-state index in [9.17, 15) is 19.2 Å². The lowest BCUT2D eigenvalue weighted by Gasteiger charge is -2.29. The molecule has 20 rings (SSSR count). The Bertz CT molecular complexity index is 7180. The molecular weight excluding hydrogens is 1480 g/mol. The monoisotopic (exact) mass is 1560 g/mol. The SMILES string of the molecule is COC(=O)c1ccc(-c2c3ccccc3c(-c3ccc(C(=O)OC)cc3)c3c(N(c4ccccc4)c4ccc(-n5c6ccccc6c6ccccc65)cc4)cccc23)cc1.COC(=O)c1ccc(-c2c3ccccc3c(-c3ccc(C(=O)OC)cc3)c3cc(N(c4ccccc4)c4ccc(-n5c6ccccc6c6ccccc65)cc4)ccc23)cc1. The largest absolute Gasteiger partial charge is 0.465 e. The van der Waals surface area contributed by atoms with Crippen LogP contribution in [0.1, 0.15) is 41.4 Å². The third-order valence-electron chi connectivity index (χ3n) is 22.8. The Morgan fingerprint density at radius 3 is 0.850 bits per heavy atom. The summed E-state index contributed by atoms with van der Waals surface area (Å²) in [6, 6.07) is 133. The van der Waals surface area contributed by atoms with E-state index < -0.39 is 0 Å². The molecule has 0 aliphatic rings. The van der Waals surface area contributed by atoms with Crippen LogP contribution in [0.2, 0.25) is 0 Å². The topological polar surface area (TPSA) is 122 Å². The van der Waals surface area contributed by atoms with Crippen molar-refractivity contribution in [2.45, 2.75) is 0 Å². The molecule has 0 aliphatic carbocycles. The Morgan fingerprint density at radius 1 is 0.217 bits per heavy atom. The van der Waals surface area contributed by atoms with Crippen LogP contribution in [-0.2, 0) is 18.9 Å². The first kappa shape index (κ1) is 74.2. The van der Waals surface area contributed by atoms with Crippen LogP contribution in [0, 0.1) is 0 Å². The van der Waals surface area contributed by atoms with Gasteiger partial charge in [0.2, 0.25) is 0 Å². The smallest absolute Gasteiger partial charge is 0.337 e. The Kier molecular flexibility index (Phi) is 19.6. The van der Waals surface area contributed by atoms with Crippen molar-refractivity contribution in [1.29, 1.82) is 0 Å². The minimum Gasteiger partial charge on any atom is -0.465 e. The summed E-state index contributed by atoms with van der Waals surface area (Å²) in [5.74, 6) is -1.53. The number of hydrogen-bond donors (Lipinski definition) is 0. The second-order valence-corrected chi connectivity index (χ2v) is 29.4. The zero-order valence-corrected chi connectivity index (χ0v) is 66.0. The van der Waals surface area contributed by atoms with Gasteiger partial charge in [0, 0.05) is 66.7 Å². The van der Waals surface area contributed by atoms with E-state index in [0.717, 1.165) is 155 Å². The number of ether oxygens (including phenoxy) is 4. The first-order valence-electron chi connectivity index (χ1n) is 39.6. The van der Waals surface area contributed by atoms with Crippen molar-refractivity contribution in [2.75, 3.05) is 38.2 Å². The molecular formula is C108H76N4O8. The quantitative estimate of drug-likeness (QED) is 0.0525. The highest BCUT2D eigenvalue weighted by Gasteiger charge is 2.27. The molecule has 576 valence electrons. The molecule has 0 saturated carbocycles. The summed E-state index contributed by atoms with van der Waals surface area (Å²) in [6.07, 6.45) is 0. The number of benzene rings is 18. The third-order valence-corrected chi connectivity index (χ3v) is 22.8. The van der Waals surface area contributed by atoms with Crippen LogP contribution in [0.3, 0.4) is 0 Å². The maximum Gasteiger partial charge on any atom is 0.337 e. The number of carbonyl (C=O) groups is 4. The van der Waals surface area contributed by atoms with E-state index in [-0.39, 0.29) is 23.9 Å². The molecule has 2 heterocycles. The minimum atomic E-state index is -0.387. The fourth-order valence-electron chi connectivity index (χ4n) is 17.4. The van der Waals surface area contributed by atoms with E-state index in [1.54, 1.807) is 0 Å².